The van der Waals surface area contributed by atoms with Gasteiger partial charge in [-0.1, -0.05) is 24.3 Å². The van der Waals surface area contributed by atoms with Crippen molar-refractivity contribution in [2.75, 3.05) is 44.2 Å². The van der Waals surface area contributed by atoms with E-state index in [1.54, 1.807) is 6.26 Å². The Hall–Kier alpha value is -3.65. The summed E-state index contributed by atoms with van der Waals surface area (Å²) < 4.78 is 11.5. The van der Waals surface area contributed by atoms with Crippen LogP contribution in [0, 0.1) is 20.8 Å². The van der Waals surface area contributed by atoms with Crippen molar-refractivity contribution >= 4 is 11.7 Å². The van der Waals surface area contributed by atoms with E-state index in [0.717, 1.165) is 77.9 Å². The lowest BCUT2D eigenvalue weighted by Gasteiger charge is -2.26. The average Bonchev–Trinajstić information content (AvgIpc) is 3.11. The van der Waals surface area contributed by atoms with Crippen LogP contribution in [-0.4, -0.2) is 60.1 Å². The molecule has 0 radical (unpaired) electrons. The van der Waals surface area contributed by atoms with Crippen LogP contribution in [0.2, 0.25) is 0 Å². The molecule has 0 aliphatic carbocycles. The number of nitrogens with two attached hydrogens (primary N) is 1. The minimum atomic E-state index is -0.300. The number of amides is 1. The van der Waals surface area contributed by atoms with Gasteiger partial charge in [0.15, 0.2) is 5.82 Å². The quantitative estimate of drug-likeness (QED) is 0.343. The first kappa shape index (κ1) is 28.9. The summed E-state index contributed by atoms with van der Waals surface area (Å²) in [6, 6.07) is 6.24. The summed E-state index contributed by atoms with van der Waals surface area (Å²) in [5.74, 6) is 2.12. The molecule has 0 saturated carbocycles. The van der Waals surface area contributed by atoms with E-state index in [9.17, 15) is 4.79 Å². The number of benzene rings is 1. The van der Waals surface area contributed by atoms with Gasteiger partial charge in [-0.3, -0.25) is 9.69 Å². The molecule has 0 unspecified atom stereocenters. The van der Waals surface area contributed by atoms with Gasteiger partial charge in [0.2, 0.25) is 5.91 Å². The lowest BCUT2D eigenvalue weighted by Crippen LogP contribution is -2.37. The number of aromatic nitrogens is 2. The predicted molar refractivity (Wildman–Crippen MR) is 153 cm³/mol. The minimum Gasteiger partial charge on any atom is -0.496 e. The highest BCUT2D eigenvalue weighted by molar-refractivity contribution is 5.76. The molecule has 1 aromatic carbocycles. The van der Waals surface area contributed by atoms with Crippen LogP contribution in [0.4, 0.5) is 5.82 Å². The lowest BCUT2D eigenvalue weighted by atomic mass is 10.0. The predicted octanol–water partition coefficient (Wildman–Crippen LogP) is 4.59. The van der Waals surface area contributed by atoms with Gasteiger partial charge in [-0.15, -0.1) is 0 Å². The molecule has 38 heavy (non-hydrogen) atoms. The first-order valence-electron chi connectivity index (χ1n) is 13.3. The zero-order valence-electron chi connectivity index (χ0n) is 23.4. The molecule has 2 heterocycles. The Bertz CT molecular complexity index is 1170. The highest BCUT2D eigenvalue weighted by Crippen LogP contribution is 2.30. The zero-order valence-corrected chi connectivity index (χ0v) is 23.4. The second kappa shape index (κ2) is 14.3. The molecule has 3 rings (SSSR count). The molecular weight excluding hydrogens is 478 g/mol. The zero-order chi connectivity index (χ0) is 27.5. The molecule has 1 aliphatic heterocycles. The smallest absolute Gasteiger partial charge is 0.231 e. The first-order valence-corrected chi connectivity index (χ1v) is 13.3. The molecule has 1 amide bonds. The summed E-state index contributed by atoms with van der Waals surface area (Å²) in [4.78, 5) is 25.9. The third-order valence-electron chi connectivity index (χ3n) is 6.53. The van der Waals surface area contributed by atoms with Crippen LogP contribution >= 0.6 is 0 Å². The fraction of sp³-hybridized carbons (Fsp3) is 0.433. The molecular formula is C30H41N5O3. The topological polar surface area (TPSA) is 93.8 Å². The molecule has 1 aliphatic rings. The van der Waals surface area contributed by atoms with E-state index in [4.69, 9.17) is 25.2 Å². The van der Waals surface area contributed by atoms with Crippen molar-refractivity contribution in [3.63, 3.8) is 0 Å². The summed E-state index contributed by atoms with van der Waals surface area (Å²) in [5, 5.41) is 0. The van der Waals surface area contributed by atoms with Gasteiger partial charge in [0.1, 0.15) is 18.2 Å². The van der Waals surface area contributed by atoms with Crippen molar-refractivity contribution in [1.82, 2.24) is 14.9 Å². The molecule has 1 aromatic heterocycles. The minimum absolute atomic E-state index is 0.275. The summed E-state index contributed by atoms with van der Waals surface area (Å²) in [6.45, 7) is 14.5. The standard InChI is InChI=1S/C30H41N5O3/c1-6-25(38-7-2)14-8-9-19-37-21-26-24(5)32-29(28-22(3)12-10-13-23(28)4)33-30(26)35-16-11-15-34(17-18-35)20-27(31)36/h6,8-10,12-14,19H,7,11,15-18,20-21H2,1-5H3,(H2,31,36)/b14-8-,19-9+,25-6+. The largest absolute Gasteiger partial charge is 0.496 e. The number of rotatable bonds is 11. The van der Waals surface area contributed by atoms with Crippen LogP contribution in [0.3, 0.4) is 0 Å². The SMILES string of the molecule is C\C=C(/C=C\C=C\OCc1c(C)nc(-c2c(C)cccc2C)nc1N1CCCN(CC(N)=O)CC1)OCC. The second-order valence-electron chi connectivity index (χ2n) is 9.41. The average molecular weight is 520 g/mol. The maximum atomic E-state index is 11.5. The Morgan fingerprint density at radius 1 is 1.08 bits per heavy atom. The molecule has 0 spiro atoms. The van der Waals surface area contributed by atoms with Gasteiger partial charge in [0.25, 0.3) is 0 Å². The van der Waals surface area contributed by atoms with E-state index in [1.165, 1.54) is 0 Å². The molecule has 8 nitrogen and oxygen atoms in total. The van der Waals surface area contributed by atoms with Crippen molar-refractivity contribution in [2.24, 2.45) is 5.73 Å². The highest BCUT2D eigenvalue weighted by Gasteiger charge is 2.23. The van der Waals surface area contributed by atoms with Crippen molar-refractivity contribution in [2.45, 2.75) is 47.6 Å². The van der Waals surface area contributed by atoms with Gasteiger partial charge in [0, 0.05) is 31.7 Å². The first-order chi connectivity index (χ1) is 18.3. The van der Waals surface area contributed by atoms with Gasteiger partial charge >= 0.3 is 0 Å². The molecule has 2 aromatic rings. The van der Waals surface area contributed by atoms with Gasteiger partial charge in [-0.2, -0.15) is 0 Å². The Morgan fingerprint density at radius 3 is 2.53 bits per heavy atom. The van der Waals surface area contributed by atoms with Crippen LogP contribution in [0.5, 0.6) is 0 Å². The normalized spacial score (nSPS) is 15.3. The number of ether oxygens (including phenoxy) is 2. The maximum Gasteiger partial charge on any atom is 0.231 e. The molecule has 8 heteroatoms. The molecule has 0 atom stereocenters. The Balaban J connectivity index is 1.89. The highest BCUT2D eigenvalue weighted by atomic mass is 16.5. The maximum absolute atomic E-state index is 11.5. The Morgan fingerprint density at radius 2 is 1.84 bits per heavy atom. The second-order valence-corrected chi connectivity index (χ2v) is 9.41. The van der Waals surface area contributed by atoms with Crippen molar-refractivity contribution in [3.8, 4) is 11.4 Å². The monoisotopic (exact) mass is 519 g/mol. The van der Waals surface area contributed by atoms with E-state index < -0.39 is 0 Å². The molecule has 1 saturated heterocycles. The van der Waals surface area contributed by atoms with Crippen LogP contribution < -0.4 is 10.6 Å². The van der Waals surface area contributed by atoms with Crippen molar-refractivity contribution < 1.29 is 14.3 Å². The van der Waals surface area contributed by atoms with Crippen LogP contribution in [0.25, 0.3) is 11.4 Å². The Labute approximate surface area is 226 Å². The van der Waals surface area contributed by atoms with Crippen molar-refractivity contribution in [1.29, 1.82) is 0 Å². The molecule has 204 valence electrons. The molecule has 1 fully saturated rings. The van der Waals surface area contributed by atoms with E-state index in [0.29, 0.717) is 13.2 Å². The van der Waals surface area contributed by atoms with E-state index in [2.05, 4.69) is 41.8 Å². The lowest BCUT2D eigenvalue weighted by molar-refractivity contribution is -0.119. The van der Waals surface area contributed by atoms with Gasteiger partial charge in [-0.25, -0.2) is 9.97 Å². The van der Waals surface area contributed by atoms with Gasteiger partial charge in [-0.05, 0) is 70.4 Å². The number of hydrogen-bond donors (Lipinski definition) is 1. The third kappa shape index (κ3) is 7.92. The summed E-state index contributed by atoms with van der Waals surface area (Å²) in [6.07, 6.45) is 10.1. The van der Waals surface area contributed by atoms with Crippen LogP contribution in [-0.2, 0) is 20.9 Å². The number of allylic oxidation sites excluding steroid dienone is 4. The van der Waals surface area contributed by atoms with E-state index >= 15 is 0 Å². The van der Waals surface area contributed by atoms with E-state index in [1.807, 2.05) is 45.1 Å². The summed E-state index contributed by atoms with van der Waals surface area (Å²) >= 11 is 0. The number of nitrogens with zero attached hydrogens (tertiary/aromatic N) is 4. The number of primary amides is 1. The number of hydrogen-bond acceptors (Lipinski definition) is 7. The summed E-state index contributed by atoms with van der Waals surface area (Å²) in [7, 11) is 0. The van der Waals surface area contributed by atoms with E-state index in [-0.39, 0.29) is 12.5 Å². The number of carbonyl (C=O) groups is 1. The Kier molecular flexibility index (Phi) is 10.9. The van der Waals surface area contributed by atoms with Crippen LogP contribution in [0.15, 0.2) is 54.5 Å². The van der Waals surface area contributed by atoms with Crippen molar-refractivity contribution in [3.05, 3.63) is 76.9 Å². The van der Waals surface area contributed by atoms with Crippen LogP contribution in [0.1, 0.15) is 42.7 Å². The van der Waals surface area contributed by atoms with Gasteiger partial charge in [0.05, 0.1) is 30.7 Å². The van der Waals surface area contributed by atoms with Gasteiger partial charge < -0.3 is 20.1 Å². The number of anilines is 1. The fourth-order valence-corrected chi connectivity index (χ4v) is 4.63. The number of aryl methyl sites for hydroxylation is 3. The molecule has 2 N–H and O–H groups in total. The summed E-state index contributed by atoms with van der Waals surface area (Å²) in [5.41, 5.74) is 10.7. The third-order valence-corrected chi connectivity index (χ3v) is 6.53. The molecule has 0 bridgehead atoms. The number of carbonyl (C=O) groups excluding carboxylic acids is 1. The fourth-order valence-electron chi connectivity index (χ4n) is 4.63.